The van der Waals surface area contributed by atoms with Crippen molar-refractivity contribution in [2.75, 3.05) is 37.7 Å². The number of piperidine rings is 1. The Bertz CT molecular complexity index is 1260. The monoisotopic (exact) mass is 519 g/mol. The van der Waals surface area contributed by atoms with E-state index in [1.54, 1.807) is 35.4 Å². The van der Waals surface area contributed by atoms with Crippen LogP contribution in [0.3, 0.4) is 0 Å². The van der Waals surface area contributed by atoms with Gasteiger partial charge in [0, 0.05) is 25.7 Å². The van der Waals surface area contributed by atoms with Gasteiger partial charge in [0.2, 0.25) is 5.91 Å². The summed E-state index contributed by atoms with van der Waals surface area (Å²) in [6, 6.07) is 13.7. The molecule has 200 valence electrons. The molecule has 2 fully saturated rings. The topological polar surface area (TPSA) is 75.1 Å². The molecule has 1 N–H and O–H groups in total. The normalized spacial score (nSPS) is 17.2. The lowest BCUT2D eigenvalue weighted by Gasteiger charge is -2.38. The second-order valence-electron chi connectivity index (χ2n) is 10.1. The van der Waals surface area contributed by atoms with Gasteiger partial charge in [0.1, 0.15) is 17.3 Å². The molecule has 38 heavy (non-hydrogen) atoms. The van der Waals surface area contributed by atoms with Gasteiger partial charge >= 0.3 is 0 Å². The molecule has 0 saturated carbocycles. The number of amides is 1. The second kappa shape index (κ2) is 11.0. The predicted octanol–water partition coefficient (Wildman–Crippen LogP) is 5.41. The number of aromatic nitrogens is 1. The smallest absolute Gasteiger partial charge is 0.228 e. The van der Waals surface area contributed by atoms with E-state index in [1.807, 2.05) is 13.8 Å². The fourth-order valence-electron chi connectivity index (χ4n) is 5.64. The van der Waals surface area contributed by atoms with Crippen LogP contribution >= 0.6 is 0 Å². The molecule has 0 atom stereocenters. The van der Waals surface area contributed by atoms with E-state index < -0.39 is 0 Å². The summed E-state index contributed by atoms with van der Waals surface area (Å²) < 4.78 is 25.6. The van der Waals surface area contributed by atoms with Crippen molar-refractivity contribution >= 4 is 11.7 Å². The maximum Gasteiger partial charge on any atom is 0.228 e. The summed E-state index contributed by atoms with van der Waals surface area (Å²) in [5, 5.41) is 10.2. The van der Waals surface area contributed by atoms with Crippen molar-refractivity contribution in [1.29, 1.82) is 0 Å². The molecule has 1 aromatic heterocycles. The molecule has 3 heterocycles. The van der Waals surface area contributed by atoms with Crippen LogP contribution in [0.25, 0.3) is 11.1 Å². The van der Waals surface area contributed by atoms with Crippen LogP contribution in [-0.4, -0.2) is 53.7 Å². The fourth-order valence-corrected chi connectivity index (χ4v) is 5.64. The SMILES string of the molecule is CCOc1cc(CN2CCC3(CC2)CC(=O)N(c2ncccc2O)C3)cc(OCC)c1-c1ccc(F)cc1. The molecule has 0 aliphatic carbocycles. The highest BCUT2D eigenvalue weighted by Crippen LogP contribution is 2.45. The van der Waals surface area contributed by atoms with Gasteiger partial charge in [-0.05, 0) is 92.7 Å². The van der Waals surface area contributed by atoms with Crippen molar-refractivity contribution in [2.45, 2.75) is 39.7 Å². The minimum absolute atomic E-state index is 0.0199. The third kappa shape index (κ3) is 5.31. The van der Waals surface area contributed by atoms with Gasteiger partial charge in [0.05, 0.1) is 18.8 Å². The first-order chi connectivity index (χ1) is 18.4. The number of aromatic hydroxyl groups is 1. The summed E-state index contributed by atoms with van der Waals surface area (Å²) in [4.78, 5) is 21.1. The largest absolute Gasteiger partial charge is 0.504 e. The number of carbonyl (C=O) groups is 1. The molecule has 8 heteroatoms. The summed E-state index contributed by atoms with van der Waals surface area (Å²) in [5.41, 5.74) is 2.66. The Morgan fingerprint density at radius 1 is 1.03 bits per heavy atom. The Hall–Kier alpha value is -3.65. The van der Waals surface area contributed by atoms with Crippen LogP contribution in [0.4, 0.5) is 10.2 Å². The summed E-state index contributed by atoms with van der Waals surface area (Å²) in [7, 11) is 0. The van der Waals surface area contributed by atoms with Crippen molar-refractivity contribution in [2.24, 2.45) is 5.41 Å². The lowest BCUT2D eigenvalue weighted by molar-refractivity contribution is -0.118. The summed E-state index contributed by atoms with van der Waals surface area (Å²) in [6.07, 6.45) is 3.87. The molecule has 1 amide bonds. The summed E-state index contributed by atoms with van der Waals surface area (Å²) in [6.45, 7) is 7.95. The summed E-state index contributed by atoms with van der Waals surface area (Å²) in [5.74, 6) is 1.57. The Labute approximate surface area is 222 Å². The van der Waals surface area contributed by atoms with E-state index in [4.69, 9.17) is 9.47 Å². The van der Waals surface area contributed by atoms with Crippen molar-refractivity contribution in [3.63, 3.8) is 0 Å². The van der Waals surface area contributed by atoms with Gasteiger partial charge in [0.15, 0.2) is 11.6 Å². The highest BCUT2D eigenvalue weighted by Gasteiger charge is 2.46. The van der Waals surface area contributed by atoms with Gasteiger partial charge in [-0.1, -0.05) is 12.1 Å². The van der Waals surface area contributed by atoms with Crippen LogP contribution in [0.1, 0.15) is 38.7 Å². The van der Waals surface area contributed by atoms with Crippen LogP contribution in [-0.2, 0) is 11.3 Å². The zero-order valence-corrected chi connectivity index (χ0v) is 22.0. The molecular formula is C30H34FN3O4. The minimum atomic E-state index is -0.284. The van der Waals surface area contributed by atoms with Gasteiger partial charge < -0.3 is 14.6 Å². The standard InChI is InChI=1S/C30H34FN3O4/c1-3-37-25-16-21(17-26(38-4-2)28(25)22-7-9-23(31)10-8-22)19-33-14-11-30(12-15-33)18-27(36)34(20-30)29-24(35)6-5-13-32-29/h5-10,13,16-17,35H,3-4,11-12,14-15,18-20H2,1-2H3. The lowest BCUT2D eigenvalue weighted by Crippen LogP contribution is -2.41. The maximum atomic E-state index is 13.6. The van der Waals surface area contributed by atoms with E-state index in [1.165, 1.54) is 12.1 Å². The molecule has 7 nitrogen and oxygen atoms in total. The first kappa shape index (κ1) is 26.0. The molecule has 2 aliphatic heterocycles. The second-order valence-corrected chi connectivity index (χ2v) is 10.1. The first-order valence-electron chi connectivity index (χ1n) is 13.3. The Morgan fingerprint density at radius 3 is 2.29 bits per heavy atom. The van der Waals surface area contributed by atoms with E-state index in [0.717, 1.165) is 60.7 Å². The van der Waals surface area contributed by atoms with Crippen LogP contribution in [0, 0.1) is 11.2 Å². The third-order valence-electron chi connectivity index (χ3n) is 7.52. The molecule has 0 unspecified atom stereocenters. The summed E-state index contributed by atoms with van der Waals surface area (Å²) >= 11 is 0. The van der Waals surface area contributed by atoms with E-state index >= 15 is 0 Å². The van der Waals surface area contributed by atoms with Gasteiger partial charge in [-0.3, -0.25) is 14.6 Å². The third-order valence-corrected chi connectivity index (χ3v) is 7.52. The van der Waals surface area contributed by atoms with E-state index in [0.29, 0.717) is 32.0 Å². The number of hydrogen-bond donors (Lipinski definition) is 1. The number of nitrogens with zero attached hydrogens (tertiary/aromatic N) is 3. The number of rotatable bonds is 8. The Kier molecular flexibility index (Phi) is 7.51. The van der Waals surface area contributed by atoms with Crippen molar-refractivity contribution in [3.05, 3.63) is 66.1 Å². The average Bonchev–Trinajstić information content (AvgIpc) is 3.22. The zero-order chi connectivity index (χ0) is 26.7. The van der Waals surface area contributed by atoms with Crippen LogP contribution in [0.5, 0.6) is 17.2 Å². The van der Waals surface area contributed by atoms with Crippen molar-refractivity contribution < 1.29 is 23.8 Å². The van der Waals surface area contributed by atoms with Crippen LogP contribution in [0.2, 0.25) is 0 Å². The predicted molar refractivity (Wildman–Crippen MR) is 144 cm³/mol. The van der Waals surface area contributed by atoms with E-state index in [-0.39, 0.29) is 22.9 Å². The van der Waals surface area contributed by atoms with Crippen LogP contribution < -0.4 is 14.4 Å². The quantitative estimate of drug-likeness (QED) is 0.429. The molecule has 0 radical (unpaired) electrons. The molecule has 3 aromatic rings. The van der Waals surface area contributed by atoms with E-state index in [9.17, 15) is 14.3 Å². The number of likely N-dealkylation sites (tertiary alicyclic amines) is 1. The minimum Gasteiger partial charge on any atom is -0.504 e. The number of pyridine rings is 1. The van der Waals surface area contributed by atoms with Gasteiger partial charge in [-0.2, -0.15) is 0 Å². The average molecular weight is 520 g/mol. The van der Waals surface area contributed by atoms with Gasteiger partial charge in [-0.15, -0.1) is 0 Å². The zero-order valence-electron chi connectivity index (χ0n) is 22.0. The molecule has 2 saturated heterocycles. The molecule has 5 rings (SSSR count). The fraction of sp³-hybridized carbons (Fsp3) is 0.400. The number of halogens is 1. The Morgan fingerprint density at radius 2 is 1.68 bits per heavy atom. The number of benzene rings is 2. The molecular weight excluding hydrogens is 485 g/mol. The molecule has 0 bridgehead atoms. The Balaban J connectivity index is 1.32. The number of ether oxygens (including phenoxy) is 2. The van der Waals surface area contributed by atoms with Crippen molar-refractivity contribution in [1.82, 2.24) is 9.88 Å². The van der Waals surface area contributed by atoms with E-state index in [2.05, 4.69) is 22.0 Å². The lowest BCUT2D eigenvalue weighted by atomic mass is 9.77. The highest BCUT2D eigenvalue weighted by atomic mass is 19.1. The van der Waals surface area contributed by atoms with Gasteiger partial charge in [-0.25, -0.2) is 9.37 Å². The molecule has 1 spiro atoms. The maximum absolute atomic E-state index is 13.6. The van der Waals surface area contributed by atoms with Gasteiger partial charge in [0.25, 0.3) is 0 Å². The number of anilines is 1. The van der Waals surface area contributed by atoms with Crippen LogP contribution in [0.15, 0.2) is 54.7 Å². The van der Waals surface area contributed by atoms with Crippen molar-refractivity contribution in [3.8, 4) is 28.4 Å². The number of hydrogen-bond acceptors (Lipinski definition) is 6. The molecule has 2 aliphatic rings. The number of carbonyl (C=O) groups excluding carboxylic acids is 1. The molecule has 2 aromatic carbocycles. The first-order valence-corrected chi connectivity index (χ1v) is 13.3. The highest BCUT2D eigenvalue weighted by molar-refractivity contribution is 5.96.